The van der Waals surface area contributed by atoms with Crippen LogP contribution in [0.25, 0.3) is 10.2 Å². The van der Waals surface area contributed by atoms with Crippen molar-refractivity contribution in [2.75, 3.05) is 44.3 Å². The van der Waals surface area contributed by atoms with Crippen LogP contribution in [-0.2, 0) is 4.74 Å². The molecular formula is C18H16BrF2N3O3S. The number of furan rings is 1. The Kier molecular flexibility index (Phi) is 5.72. The molecule has 3 aromatic rings. The third-order valence-electron chi connectivity index (χ3n) is 4.41. The van der Waals surface area contributed by atoms with Crippen LogP contribution in [0.1, 0.15) is 10.6 Å². The smallest absolute Gasteiger partial charge is 0.295 e. The van der Waals surface area contributed by atoms with Gasteiger partial charge in [-0.25, -0.2) is 13.8 Å². The first-order valence-electron chi connectivity index (χ1n) is 8.64. The Morgan fingerprint density at radius 3 is 2.79 bits per heavy atom. The van der Waals surface area contributed by atoms with E-state index in [0.717, 1.165) is 30.5 Å². The van der Waals surface area contributed by atoms with E-state index in [2.05, 4.69) is 25.8 Å². The van der Waals surface area contributed by atoms with Gasteiger partial charge in [0.05, 0.1) is 17.9 Å². The van der Waals surface area contributed by atoms with E-state index in [0.29, 0.717) is 40.8 Å². The van der Waals surface area contributed by atoms with Gasteiger partial charge in [0.2, 0.25) is 0 Å². The summed E-state index contributed by atoms with van der Waals surface area (Å²) in [7, 11) is 0. The number of amides is 1. The Morgan fingerprint density at radius 1 is 1.29 bits per heavy atom. The zero-order valence-electron chi connectivity index (χ0n) is 14.7. The Balaban J connectivity index is 1.65. The van der Waals surface area contributed by atoms with Crippen molar-refractivity contribution in [1.29, 1.82) is 0 Å². The molecule has 28 heavy (non-hydrogen) atoms. The second-order valence-electron chi connectivity index (χ2n) is 6.25. The van der Waals surface area contributed by atoms with Gasteiger partial charge in [-0.3, -0.25) is 14.6 Å². The fourth-order valence-corrected chi connectivity index (χ4v) is 4.31. The molecule has 2 aromatic heterocycles. The summed E-state index contributed by atoms with van der Waals surface area (Å²) in [6, 6.07) is 5.19. The van der Waals surface area contributed by atoms with Crippen LogP contribution in [0, 0.1) is 11.6 Å². The molecule has 0 aliphatic carbocycles. The van der Waals surface area contributed by atoms with Crippen LogP contribution in [0.2, 0.25) is 0 Å². The summed E-state index contributed by atoms with van der Waals surface area (Å²) >= 11 is 4.26. The van der Waals surface area contributed by atoms with Gasteiger partial charge in [-0.1, -0.05) is 11.3 Å². The summed E-state index contributed by atoms with van der Waals surface area (Å²) in [5.74, 6) is -1.68. The molecule has 0 spiro atoms. The first-order valence-corrected chi connectivity index (χ1v) is 10.2. The van der Waals surface area contributed by atoms with Gasteiger partial charge in [0, 0.05) is 32.2 Å². The number of anilines is 1. The SMILES string of the molecule is O=C(c1ccc(Br)o1)N(CCN1CCOCC1)c1nc2c(F)cc(F)cc2s1. The topological polar surface area (TPSA) is 58.8 Å². The zero-order valence-corrected chi connectivity index (χ0v) is 17.1. The average molecular weight is 472 g/mol. The van der Waals surface area contributed by atoms with Gasteiger partial charge in [-0.2, -0.15) is 0 Å². The lowest BCUT2D eigenvalue weighted by molar-refractivity contribution is 0.0390. The van der Waals surface area contributed by atoms with Gasteiger partial charge in [-0.15, -0.1) is 0 Å². The van der Waals surface area contributed by atoms with Crippen LogP contribution in [-0.4, -0.2) is 55.2 Å². The number of hydrogen-bond donors (Lipinski definition) is 0. The zero-order chi connectivity index (χ0) is 19.7. The van der Waals surface area contributed by atoms with E-state index in [9.17, 15) is 13.6 Å². The van der Waals surface area contributed by atoms with Gasteiger partial charge in [0.25, 0.3) is 5.91 Å². The first kappa shape index (κ1) is 19.4. The number of ether oxygens (including phenoxy) is 1. The molecule has 0 saturated carbocycles. The van der Waals surface area contributed by atoms with Crippen LogP contribution in [0.5, 0.6) is 0 Å². The van der Waals surface area contributed by atoms with Crippen molar-refractivity contribution in [2.24, 2.45) is 0 Å². The van der Waals surface area contributed by atoms with E-state index in [1.54, 1.807) is 12.1 Å². The van der Waals surface area contributed by atoms with Crippen LogP contribution >= 0.6 is 27.3 Å². The predicted octanol–water partition coefficient (Wildman–Crippen LogP) is 3.91. The number of thiazole rings is 1. The Labute approximate surface area is 171 Å². The molecule has 1 fully saturated rings. The fourth-order valence-electron chi connectivity index (χ4n) is 2.97. The molecule has 0 radical (unpaired) electrons. The van der Waals surface area contributed by atoms with Crippen molar-refractivity contribution in [3.63, 3.8) is 0 Å². The standard InChI is InChI=1S/C18H16BrF2N3O3S/c19-15-2-1-13(27-15)17(25)24(4-3-23-5-7-26-8-6-23)18-22-16-12(21)9-11(20)10-14(16)28-18/h1-2,9-10H,3-8H2. The molecule has 0 atom stereocenters. The van der Waals surface area contributed by atoms with E-state index in [4.69, 9.17) is 9.15 Å². The number of nitrogens with zero attached hydrogens (tertiary/aromatic N) is 3. The quantitative estimate of drug-likeness (QED) is 0.564. The summed E-state index contributed by atoms with van der Waals surface area (Å²) in [6.07, 6.45) is 0. The molecule has 0 unspecified atom stereocenters. The maximum Gasteiger partial charge on any atom is 0.295 e. The van der Waals surface area contributed by atoms with E-state index < -0.39 is 11.6 Å². The second-order valence-corrected chi connectivity index (χ2v) is 8.04. The lowest BCUT2D eigenvalue weighted by Gasteiger charge is -2.28. The molecule has 1 aliphatic heterocycles. The minimum absolute atomic E-state index is 0.0474. The fraction of sp³-hybridized carbons (Fsp3) is 0.333. The van der Waals surface area contributed by atoms with Crippen LogP contribution in [0.15, 0.2) is 33.4 Å². The third-order valence-corrected chi connectivity index (χ3v) is 5.86. The summed E-state index contributed by atoms with van der Waals surface area (Å²) < 4.78 is 39.1. The number of carbonyl (C=O) groups is 1. The van der Waals surface area contributed by atoms with E-state index in [-0.39, 0.29) is 17.2 Å². The van der Waals surface area contributed by atoms with Crippen LogP contribution < -0.4 is 4.90 Å². The first-order chi connectivity index (χ1) is 13.5. The maximum absolute atomic E-state index is 14.1. The number of halogens is 3. The highest BCUT2D eigenvalue weighted by molar-refractivity contribution is 9.10. The molecule has 1 aromatic carbocycles. The highest BCUT2D eigenvalue weighted by Crippen LogP contribution is 2.32. The molecule has 148 valence electrons. The van der Waals surface area contributed by atoms with Crippen LogP contribution in [0.4, 0.5) is 13.9 Å². The Bertz CT molecular complexity index is 1000. The van der Waals surface area contributed by atoms with Gasteiger partial charge in [0.15, 0.2) is 21.4 Å². The minimum Gasteiger partial charge on any atom is -0.444 e. The molecule has 6 nitrogen and oxygen atoms in total. The summed E-state index contributed by atoms with van der Waals surface area (Å²) in [6.45, 7) is 3.77. The normalized spacial score (nSPS) is 15.2. The third kappa shape index (κ3) is 4.09. The van der Waals surface area contributed by atoms with E-state index in [1.807, 2.05) is 0 Å². The minimum atomic E-state index is -0.751. The molecule has 0 bridgehead atoms. The summed E-state index contributed by atoms with van der Waals surface area (Å²) in [5, 5.41) is 0.297. The highest BCUT2D eigenvalue weighted by atomic mass is 79.9. The largest absolute Gasteiger partial charge is 0.444 e. The van der Waals surface area contributed by atoms with Crippen molar-refractivity contribution < 1.29 is 22.7 Å². The number of hydrogen-bond acceptors (Lipinski definition) is 6. The van der Waals surface area contributed by atoms with Gasteiger partial charge in [0.1, 0.15) is 11.3 Å². The molecule has 10 heteroatoms. The Hall–Kier alpha value is -1.88. The van der Waals surface area contributed by atoms with Crippen molar-refractivity contribution in [1.82, 2.24) is 9.88 Å². The van der Waals surface area contributed by atoms with Crippen LogP contribution in [0.3, 0.4) is 0 Å². The molecule has 1 amide bonds. The number of rotatable bonds is 5. The van der Waals surface area contributed by atoms with Gasteiger partial charge in [-0.05, 0) is 34.1 Å². The Morgan fingerprint density at radius 2 is 2.07 bits per heavy atom. The molecular weight excluding hydrogens is 456 g/mol. The molecule has 3 heterocycles. The molecule has 1 saturated heterocycles. The summed E-state index contributed by atoms with van der Waals surface area (Å²) in [4.78, 5) is 20.9. The van der Waals surface area contributed by atoms with Gasteiger partial charge < -0.3 is 9.15 Å². The van der Waals surface area contributed by atoms with E-state index in [1.165, 1.54) is 11.0 Å². The van der Waals surface area contributed by atoms with Crippen molar-refractivity contribution >= 4 is 48.5 Å². The van der Waals surface area contributed by atoms with Crippen molar-refractivity contribution in [2.45, 2.75) is 0 Å². The van der Waals surface area contributed by atoms with Crippen molar-refractivity contribution in [3.8, 4) is 0 Å². The number of fused-ring (bicyclic) bond motifs is 1. The molecule has 0 N–H and O–H groups in total. The second kappa shape index (κ2) is 8.24. The molecule has 1 aliphatic rings. The number of aromatic nitrogens is 1. The predicted molar refractivity (Wildman–Crippen MR) is 105 cm³/mol. The van der Waals surface area contributed by atoms with Gasteiger partial charge >= 0.3 is 0 Å². The average Bonchev–Trinajstić information content (AvgIpc) is 3.29. The highest BCUT2D eigenvalue weighted by Gasteiger charge is 2.25. The lowest BCUT2D eigenvalue weighted by Crippen LogP contribution is -2.43. The number of morpholine rings is 1. The number of carbonyl (C=O) groups excluding carboxylic acids is 1. The lowest BCUT2D eigenvalue weighted by atomic mass is 10.3. The maximum atomic E-state index is 14.1. The van der Waals surface area contributed by atoms with Crippen molar-refractivity contribution in [3.05, 3.63) is 46.3 Å². The summed E-state index contributed by atoms with van der Waals surface area (Å²) in [5.41, 5.74) is 0.0474. The number of benzene rings is 1. The van der Waals surface area contributed by atoms with E-state index >= 15 is 0 Å². The molecule has 4 rings (SSSR count). The monoisotopic (exact) mass is 471 g/mol.